The fraction of sp³-hybridized carbons (Fsp3) is 0.273. The largest absolute Gasteiger partial charge is 0.467 e. The van der Waals surface area contributed by atoms with E-state index in [1.54, 1.807) is 36.4 Å². The molecule has 0 aliphatic heterocycles. The Bertz CT molecular complexity index is 897. The van der Waals surface area contributed by atoms with E-state index in [0.717, 1.165) is 25.7 Å². The molecule has 6 nitrogen and oxygen atoms in total. The number of hydrogen-bond acceptors (Lipinski definition) is 4. The average Bonchev–Trinajstić information content (AvgIpc) is 3.49. The third-order valence-corrected chi connectivity index (χ3v) is 5.01. The standard InChI is InChI=1S/C22H22N2O4/c25-21(23-16-8-4-5-9-16)20(18-12-6-14-27-18)24(17-10-2-1-3-11-17)22(26)19-13-7-15-28-19/h1-3,6-7,10-16,20H,4-5,8-9H2,(H,23,25)/t20-/m0/s1. The van der Waals surface area contributed by atoms with Crippen molar-refractivity contribution in [3.05, 3.63) is 78.6 Å². The van der Waals surface area contributed by atoms with Gasteiger partial charge in [-0.15, -0.1) is 0 Å². The summed E-state index contributed by atoms with van der Waals surface area (Å²) in [7, 11) is 0. The minimum absolute atomic E-state index is 0.126. The Morgan fingerprint density at radius 2 is 1.64 bits per heavy atom. The molecule has 0 bridgehead atoms. The number of benzene rings is 1. The topological polar surface area (TPSA) is 75.7 Å². The summed E-state index contributed by atoms with van der Waals surface area (Å²) in [5.74, 6) is -0.0990. The first-order chi connectivity index (χ1) is 13.7. The van der Waals surface area contributed by atoms with E-state index in [1.165, 1.54) is 17.4 Å². The summed E-state index contributed by atoms with van der Waals surface area (Å²) < 4.78 is 10.9. The molecule has 1 saturated carbocycles. The number of anilines is 1. The molecule has 2 heterocycles. The maximum Gasteiger partial charge on any atom is 0.295 e. The number of para-hydroxylation sites is 1. The van der Waals surface area contributed by atoms with E-state index in [2.05, 4.69) is 5.32 Å². The van der Waals surface area contributed by atoms with E-state index in [-0.39, 0.29) is 17.7 Å². The van der Waals surface area contributed by atoms with Crippen LogP contribution in [0.2, 0.25) is 0 Å². The SMILES string of the molecule is O=C(NC1CCCC1)[C@H](c1ccco1)N(C(=O)c1ccco1)c1ccccc1. The minimum Gasteiger partial charge on any atom is -0.467 e. The lowest BCUT2D eigenvalue weighted by Crippen LogP contribution is -2.46. The quantitative estimate of drug-likeness (QED) is 0.693. The number of nitrogens with zero attached hydrogens (tertiary/aromatic N) is 1. The molecule has 2 amide bonds. The fourth-order valence-electron chi connectivity index (χ4n) is 3.66. The van der Waals surface area contributed by atoms with Crippen LogP contribution in [0.15, 0.2) is 76.0 Å². The van der Waals surface area contributed by atoms with Crippen molar-refractivity contribution in [2.45, 2.75) is 37.8 Å². The van der Waals surface area contributed by atoms with Crippen molar-refractivity contribution >= 4 is 17.5 Å². The van der Waals surface area contributed by atoms with Crippen molar-refractivity contribution in [1.82, 2.24) is 5.32 Å². The Balaban J connectivity index is 1.74. The fourth-order valence-corrected chi connectivity index (χ4v) is 3.66. The van der Waals surface area contributed by atoms with E-state index in [9.17, 15) is 9.59 Å². The number of hydrogen-bond donors (Lipinski definition) is 1. The molecular weight excluding hydrogens is 356 g/mol. The summed E-state index contributed by atoms with van der Waals surface area (Å²) in [6.45, 7) is 0. The normalized spacial score (nSPS) is 15.3. The zero-order valence-electron chi connectivity index (χ0n) is 15.4. The second-order valence-corrected chi connectivity index (χ2v) is 6.90. The maximum atomic E-state index is 13.3. The lowest BCUT2D eigenvalue weighted by molar-refractivity contribution is -0.123. The highest BCUT2D eigenvalue weighted by molar-refractivity contribution is 6.08. The summed E-state index contributed by atoms with van der Waals surface area (Å²) in [4.78, 5) is 28.0. The molecule has 1 fully saturated rings. The smallest absolute Gasteiger partial charge is 0.295 e. The van der Waals surface area contributed by atoms with E-state index in [4.69, 9.17) is 8.83 Å². The number of carbonyl (C=O) groups excluding carboxylic acids is 2. The summed E-state index contributed by atoms with van der Waals surface area (Å²) >= 11 is 0. The number of carbonyl (C=O) groups is 2. The van der Waals surface area contributed by atoms with Gasteiger partial charge in [-0.3, -0.25) is 14.5 Å². The molecule has 0 spiro atoms. The van der Waals surface area contributed by atoms with Crippen molar-refractivity contribution < 1.29 is 18.4 Å². The molecule has 0 saturated heterocycles. The Hall–Kier alpha value is -3.28. The molecule has 1 aliphatic carbocycles. The van der Waals surface area contributed by atoms with Crippen LogP contribution >= 0.6 is 0 Å². The Labute approximate surface area is 163 Å². The van der Waals surface area contributed by atoms with Crippen LogP contribution in [0.4, 0.5) is 5.69 Å². The van der Waals surface area contributed by atoms with Crippen LogP contribution in [0.5, 0.6) is 0 Å². The zero-order valence-corrected chi connectivity index (χ0v) is 15.4. The lowest BCUT2D eigenvalue weighted by atomic mass is 10.1. The number of furan rings is 2. The molecule has 2 aromatic heterocycles. The molecule has 6 heteroatoms. The second kappa shape index (κ2) is 8.17. The molecule has 1 aromatic carbocycles. The van der Waals surface area contributed by atoms with E-state index in [0.29, 0.717) is 11.4 Å². The minimum atomic E-state index is -0.935. The highest BCUT2D eigenvalue weighted by Gasteiger charge is 2.37. The molecule has 0 radical (unpaired) electrons. The Morgan fingerprint density at radius 3 is 2.29 bits per heavy atom. The van der Waals surface area contributed by atoms with Crippen LogP contribution in [0, 0.1) is 0 Å². The molecule has 1 aliphatic rings. The highest BCUT2D eigenvalue weighted by Crippen LogP contribution is 2.31. The van der Waals surface area contributed by atoms with Gasteiger partial charge in [-0.2, -0.15) is 0 Å². The van der Waals surface area contributed by atoms with Gasteiger partial charge in [0.25, 0.3) is 11.8 Å². The zero-order chi connectivity index (χ0) is 19.3. The van der Waals surface area contributed by atoms with Crippen LogP contribution in [-0.2, 0) is 4.79 Å². The number of amides is 2. The Kier molecular flexibility index (Phi) is 5.28. The van der Waals surface area contributed by atoms with Gasteiger partial charge in [-0.05, 0) is 49.2 Å². The van der Waals surface area contributed by atoms with Gasteiger partial charge in [-0.25, -0.2) is 0 Å². The second-order valence-electron chi connectivity index (χ2n) is 6.90. The number of nitrogens with one attached hydrogen (secondary N) is 1. The molecule has 1 N–H and O–H groups in total. The monoisotopic (exact) mass is 378 g/mol. The first-order valence-corrected chi connectivity index (χ1v) is 9.50. The number of rotatable bonds is 6. The molecule has 28 heavy (non-hydrogen) atoms. The third-order valence-electron chi connectivity index (χ3n) is 5.01. The van der Waals surface area contributed by atoms with Crippen molar-refractivity contribution in [2.75, 3.05) is 4.90 Å². The lowest BCUT2D eigenvalue weighted by Gasteiger charge is -2.30. The first kappa shape index (κ1) is 18.1. The predicted octanol–water partition coefficient (Wildman–Crippen LogP) is 4.32. The first-order valence-electron chi connectivity index (χ1n) is 9.50. The van der Waals surface area contributed by atoms with Crippen molar-refractivity contribution in [1.29, 1.82) is 0 Å². The van der Waals surface area contributed by atoms with Gasteiger partial charge in [0.2, 0.25) is 0 Å². The molecule has 0 unspecified atom stereocenters. The third kappa shape index (κ3) is 3.71. The van der Waals surface area contributed by atoms with Crippen molar-refractivity contribution in [3.8, 4) is 0 Å². The molecule has 144 valence electrons. The molecule has 1 atom stereocenters. The predicted molar refractivity (Wildman–Crippen MR) is 104 cm³/mol. The van der Waals surface area contributed by atoms with Crippen LogP contribution < -0.4 is 10.2 Å². The van der Waals surface area contributed by atoms with Crippen molar-refractivity contribution in [3.63, 3.8) is 0 Å². The average molecular weight is 378 g/mol. The summed E-state index contributed by atoms with van der Waals surface area (Å²) in [6.07, 6.45) is 7.05. The molecule has 4 rings (SSSR count). The van der Waals surface area contributed by atoms with Gasteiger partial charge in [0.15, 0.2) is 11.8 Å². The van der Waals surface area contributed by atoms with Gasteiger partial charge >= 0.3 is 0 Å². The van der Waals surface area contributed by atoms with Gasteiger partial charge in [0, 0.05) is 11.7 Å². The summed E-state index contributed by atoms with van der Waals surface area (Å²) in [6, 6.07) is 15.0. The van der Waals surface area contributed by atoms with Crippen LogP contribution in [0.25, 0.3) is 0 Å². The maximum absolute atomic E-state index is 13.3. The van der Waals surface area contributed by atoms with Gasteiger partial charge < -0.3 is 14.2 Å². The highest BCUT2D eigenvalue weighted by atomic mass is 16.3. The van der Waals surface area contributed by atoms with E-state index < -0.39 is 11.9 Å². The molecule has 3 aromatic rings. The molecular formula is C22H22N2O4. The Morgan fingerprint density at radius 1 is 0.929 bits per heavy atom. The van der Waals surface area contributed by atoms with Crippen LogP contribution in [-0.4, -0.2) is 17.9 Å². The van der Waals surface area contributed by atoms with Gasteiger partial charge in [-0.1, -0.05) is 31.0 Å². The summed E-state index contributed by atoms with van der Waals surface area (Å²) in [5, 5.41) is 3.09. The van der Waals surface area contributed by atoms with Gasteiger partial charge in [0.1, 0.15) is 5.76 Å². The van der Waals surface area contributed by atoms with Crippen LogP contribution in [0.3, 0.4) is 0 Å². The van der Waals surface area contributed by atoms with Gasteiger partial charge in [0.05, 0.1) is 12.5 Å². The van der Waals surface area contributed by atoms with Crippen molar-refractivity contribution in [2.24, 2.45) is 0 Å². The van der Waals surface area contributed by atoms with E-state index in [1.807, 2.05) is 18.2 Å². The summed E-state index contributed by atoms with van der Waals surface area (Å²) in [5.41, 5.74) is 0.590. The van der Waals surface area contributed by atoms with E-state index >= 15 is 0 Å². The van der Waals surface area contributed by atoms with Crippen LogP contribution in [0.1, 0.15) is 48.0 Å².